The molecule has 0 saturated carbocycles. The van der Waals surface area contributed by atoms with Crippen molar-refractivity contribution in [2.24, 2.45) is 17.8 Å². The van der Waals surface area contributed by atoms with E-state index in [2.05, 4.69) is 0 Å². The molecule has 2 fully saturated rings. The Hall–Kier alpha value is -3.17. The van der Waals surface area contributed by atoms with Gasteiger partial charge in [-0.2, -0.15) is 12.7 Å². The van der Waals surface area contributed by atoms with Crippen LogP contribution in [0.2, 0.25) is 0 Å². The van der Waals surface area contributed by atoms with E-state index in [0.29, 0.717) is 18.6 Å². The first-order valence-electron chi connectivity index (χ1n) is 16.5. The van der Waals surface area contributed by atoms with Crippen LogP contribution in [0.1, 0.15) is 43.4 Å². The van der Waals surface area contributed by atoms with Crippen LogP contribution in [-0.4, -0.2) is 77.0 Å². The van der Waals surface area contributed by atoms with E-state index in [4.69, 9.17) is 18.4 Å². The summed E-state index contributed by atoms with van der Waals surface area (Å²) >= 11 is 0. The minimum absolute atomic E-state index is 0.0147. The fourth-order valence-corrected chi connectivity index (χ4v) is 8.62. The number of carbonyl (C=O) groups is 1. The Bertz CT molecular complexity index is 1750. The lowest BCUT2D eigenvalue weighted by Crippen LogP contribution is -2.43. The summed E-state index contributed by atoms with van der Waals surface area (Å²) in [5.41, 5.74) is 2.28. The second kappa shape index (κ2) is 16.2. The molecule has 0 amide bonds. The van der Waals surface area contributed by atoms with Crippen LogP contribution in [0, 0.1) is 24.7 Å². The van der Waals surface area contributed by atoms with Crippen LogP contribution < -0.4 is 0 Å². The van der Waals surface area contributed by atoms with Crippen LogP contribution in [0.3, 0.4) is 0 Å². The molecule has 0 aromatic heterocycles. The number of aryl methyl sites for hydroxylation is 1. The molecule has 3 aromatic carbocycles. The van der Waals surface area contributed by atoms with Crippen molar-refractivity contribution in [3.05, 3.63) is 95.6 Å². The van der Waals surface area contributed by atoms with Gasteiger partial charge in [0.05, 0.1) is 48.1 Å². The second-order valence-corrected chi connectivity index (χ2v) is 16.7. The Morgan fingerprint density at radius 1 is 0.898 bits per heavy atom. The number of benzene rings is 3. The molecule has 49 heavy (non-hydrogen) atoms. The first-order valence-corrected chi connectivity index (χ1v) is 19.4. The van der Waals surface area contributed by atoms with E-state index in [1.165, 1.54) is 40.7 Å². The molecule has 0 spiro atoms. The summed E-state index contributed by atoms with van der Waals surface area (Å²) in [6.45, 7) is 6.03. The zero-order valence-electron chi connectivity index (χ0n) is 28.0. The van der Waals surface area contributed by atoms with Gasteiger partial charge < -0.3 is 19.3 Å². The van der Waals surface area contributed by atoms with Crippen LogP contribution in [0.25, 0.3) is 0 Å². The number of carbonyl (C=O) groups excluding carboxylic acids is 1. The zero-order chi connectivity index (χ0) is 35.2. The van der Waals surface area contributed by atoms with Crippen molar-refractivity contribution in [3.8, 4) is 0 Å². The molecule has 0 radical (unpaired) electrons. The summed E-state index contributed by atoms with van der Waals surface area (Å²) in [6.07, 6.45) is -1.02. The molecule has 5 rings (SSSR count). The first-order chi connectivity index (χ1) is 23.3. The molecular weight excluding hydrogens is 671 g/mol. The highest BCUT2D eigenvalue weighted by Gasteiger charge is 2.44. The van der Waals surface area contributed by atoms with Crippen molar-refractivity contribution >= 4 is 26.1 Å². The van der Waals surface area contributed by atoms with Crippen molar-refractivity contribution in [3.63, 3.8) is 0 Å². The van der Waals surface area contributed by atoms with Crippen LogP contribution >= 0.6 is 0 Å². The van der Waals surface area contributed by atoms with E-state index in [9.17, 15) is 26.7 Å². The van der Waals surface area contributed by atoms with E-state index in [0.717, 1.165) is 17.5 Å². The number of hydrogen-bond donors (Lipinski definition) is 1. The number of rotatable bonds is 16. The summed E-state index contributed by atoms with van der Waals surface area (Å²) in [5.74, 6) is -1.21. The number of fused-ring (bicyclic) bond motifs is 1. The molecular formula is C36H45NO10S2. The van der Waals surface area contributed by atoms with Crippen LogP contribution in [0.4, 0.5) is 0 Å². The first kappa shape index (κ1) is 37.1. The molecule has 2 unspecified atom stereocenters. The smallest absolute Gasteiger partial charge is 0.306 e. The Morgan fingerprint density at radius 3 is 2.24 bits per heavy atom. The Balaban J connectivity index is 1.28. The fraction of sp³-hybridized carbons (Fsp3) is 0.472. The van der Waals surface area contributed by atoms with Gasteiger partial charge in [0.2, 0.25) is 10.0 Å². The summed E-state index contributed by atoms with van der Waals surface area (Å²) < 4.78 is 76.5. The van der Waals surface area contributed by atoms with Gasteiger partial charge in [-0.05, 0) is 61.1 Å². The van der Waals surface area contributed by atoms with E-state index >= 15 is 0 Å². The van der Waals surface area contributed by atoms with Crippen molar-refractivity contribution < 1.29 is 45.1 Å². The molecule has 2 aliphatic rings. The van der Waals surface area contributed by atoms with Gasteiger partial charge in [-0.3, -0.25) is 8.98 Å². The summed E-state index contributed by atoms with van der Waals surface area (Å²) in [4.78, 5) is 13.2. The van der Waals surface area contributed by atoms with Gasteiger partial charge in [-0.1, -0.05) is 74.0 Å². The molecule has 0 aliphatic carbocycles. The molecule has 2 aliphatic heterocycles. The number of esters is 1. The zero-order valence-corrected chi connectivity index (χ0v) is 29.6. The minimum Gasteiger partial charge on any atom is -0.459 e. The maximum absolute atomic E-state index is 14.0. The third kappa shape index (κ3) is 9.75. The number of aliphatic hydroxyl groups is 1. The predicted molar refractivity (Wildman–Crippen MR) is 181 cm³/mol. The lowest BCUT2D eigenvalue weighted by molar-refractivity contribution is -0.153. The molecule has 2 heterocycles. The maximum atomic E-state index is 14.0. The van der Waals surface area contributed by atoms with E-state index in [1.807, 2.05) is 51.1 Å². The lowest BCUT2D eigenvalue weighted by Gasteiger charge is -2.30. The van der Waals surface area contributed by atoms with Gasteiger partial charge in [0.15, 0.2) is 6.29 Å². The van der Waals surface area contributed by atoms with Crippen molar-refractivity contribution in [2.75, 3.05) is 26.3 Å². The highest BCUT2D eigenvalue weighted by molar-refractivity contribution is 7.89. The van der Waals surface area contributed by atoms with Gasteiger partial charge in [0.25, 0.3) is 10.1 Å². The third-order valence-corrected chi connectivity index (χ3v) is 11.9. The molecule has 11 nitrogen and oxygen atoms in total. The molecule has 5 atom stereocenters. The quantitative estimate of drug-likeness (QED) is 0.167. The van der Waals surface area contributed by atoms with Crippen LogP contribution in [-0.2, 0) is 56.4 Å². The van der Waals surface area contributed by atoms with E-state index in [1.54, 1.807) is 12.1 Å². The largest absolute Gasteiger partial charge is 0.459 e. The number of nitrogens with zero attached hydrogens (tertiary/aromatic N) is 1. The Labute approximate surface area is 289 Å². The number of hydrogen-bond acceptors (Lipinski definition) is 10. The molecule has 3 aromatic rings. The summed E-state index contributed by atoms with van der Waals surface area (Å²) in [5, 5.41) is 11.6. The Kier molecular flexibility index (Phi) is 12.3. The van der Waals surface area contributed by atoms with Crippen LogP contribution in [0.15, 0.2) is 88.7 Å². The molecule has 266 valence electrons. The van der Waals surface area contributed by atoms with Gasteiger partial charge in [-0.25, -0.2) is 8.42 Å². The second-order valence-electron chi connectivity index (χ2n) is 13.2. The van der Waals surface area contributed by atoms with Crippen molar-refractivity contribution in [2.45, 2.75) is 74.9 Å². The number of ether oxygens (including phenoxy) is 3. The van der Waals surface area contributed by atoms with Gasteiger partial charge in [0, 0.05) is 19.0 Å². The average Bonchev–Trinajstić information content (AvgIpc) is 3.69. The highest BCUT2D eigenvalue weighted by Crippen LogP contribution is 2.33. The number of sulfonamides is 1. The van der Waals surface area contributed by atoms with E-state index in [-0.39, 0.29) is 60.6 Å². The topological polar surface area (TPSA) is 146 Å². The third-order valence-electron chi connectivity index (χ3n) is 8.79. The van der Waals surface area contributed by atoms with Crippen molar-refractivity contribution in [1.82, 2.24) is 4.31 Å². The SMILES string of the molecule is Cc1ccc(S(=O)(=O)OCc2ccc(S(=O)(=O)N(CC(C)C)C[C@@H](O)[C@@H](CC(=O)OC3CO[C@H]4OCCC34)Cc3ccccc3)cc2)cc1. The average molecular weight is 716 g/mol. The monoisotopic (exact) mass is 715 g/mol. The molecule has 1 N–H and O–H groups in total. The van der Waals surface area contributed by atoms with Crippen LogP contribution in [0.5, 0.6) is 0 Å². The molecule has 2 saturated heterocycles. The molecule has 13 heteroatoms. The van der Waals surface area contributed by atoms with Gasteiger partial charge in [-0.15, -0.1) is 0 Å². The van der Waals surface area contributed by atoms with Crippen molar-refractivity contribution in [1.29, 1.82) is 0 Å². The summed E-state index contributed by atoms with van der Waals surface area (Å²) in [7, 11) is -8.10. The van der Waals surface area contributed by atoms with Gasteiger partial charge in [0.1, 0.15) is 6.10 Å². The summed E-state index contributed by atoms with van der Waals surface area (Å²) in [6, 6.07) is 21.5. The Morgan fingerprint density at radius 2 is 1.57 bits per heavy atom. The highest BCUT2D eigenvalue weighted by atomic mass is 32.2. The molecule has 0 bridgehead atoms. The lowest BCUT2D eigenvalue weighted by atomic mass is 9.90. The van der Waals surface area contributed by atoms with E-state index < -0.39 is 44.2 Å². The fourth-order valence-electron chi connectivity index (χ4n) is 6.10. The number of aliphatic hydroxyl groups excluding tert-OH is 1. The predicted octanol–water partition coefficient (Wildman–Crippen LogP) is 4.46. The van der Waals surface area contributed by atoms with Gasteiger partial charge >= 0.3 is 5.97 Å². The minimum atomic E-state index is -4.09. The standard InChI is InChI=1S/C36H45NO10S2/c1-25(2)21-37(48(40,41)30-15-11-28(12-16-30)23-46-49(42,43)31-13-9-26(3)10-14-31)22-33(38)29(19-27-7-5-4-6-8-27)20-35(39)47-34-24-45-36-32(34)17-18-44-36/h4-16,25,29,32-34,36,38H,17-24H2,1-3H3/t29-,32?,33-,34?,36-/m1/s1. The normalized spacial score (nSPS) is 20.7. The maximum Gasteiger partial charge on any atom is 0.306 e.